The summed E-state index contributed by atoms with van der Waals surface area (Å²) in [4.78, 5) is 21.0. The van der Waals surface area contributed by atoms with Crippen molar-refractivity contribution in [2.75, 3.05) is 6.61 Å². The van der Waals surface area contributed by atoms with Gasteiger partial charge in [0.05, 0.1) is 12.2 Å². The number of hydrogen-bond donors (Lipinski definition) is 0. The molecule has 0 amide bonds. The van der Waals surface area contributed by atoms with E-state index in [4.69, 9.17) is 9.62 Å². The summed E-state index contributed by atoms with van der Waals surface area (Å²) >= 11 is 0. The first-order valence-electron chi connectivity index (χ1n) is 5.61. The fourth-order valence-electron chi connectivity index (χ4n) is 1.07. The van der Waals surface area contributed by atoms with E-state index in [1.165, 1.54) is 0 Å². The minimum atomic E-state index is -0.513. The van der Waals surface area contributed by atoms with E-state index in [0.29, 0.717) is 24.7 Å². The number of benzene rings is 1. The van der Waals surface area contributed by atoms with Crippen molar-refractivity contribution in [3.63, 3.8) is 0 Å². The van der Waals surface area contributed by atoms with E-state index in [1.54, 1.807) is 31.2 Å². The predicted octanol–water partition coefficient (Wildman–Crippen LogP) is 3.14. The molecule has 1 radical (unpaired) electrons. The molecule has 4 nitrogen and oxygen atoms in total. The van der Waals surface area contributed by atoms with Crippen LogP contribution in [0.25, 0.3) is 0 Å². The Balaban J connectivity index is 2.51. The van der Waals surface area contributed by atoms with Crippen molar-refractivity contribution in [2.24, 2.45) is 0 Å². The first kappa shape index (κ1) is 13.5. The highest BCUT2D eigenvalue weighted by molar-refractivity contribution is 5.89. The summed E-state index contributed by atoms with van der Waals surface area (Å²) in [6.07, 6.45) is 1.36. The van der Waals surface area contributed by atoms with Crippen molar-refractivity contribution in [3.8, 4) is 5.75 Å². The molecule has 0 aromatic heterocycles. The average molecular weight is 237 g/mol. The monoisotopic (exact) mass is 237 g/mol. The van der Waals surface area contributed by atoms with Gasteiger partial charge in [-0.1, -0.05) is 6.92 Å². The van der Waals surface area contributed by atoms with Gasteiger partial charge < -0.3 is 4.74 Å². The maximum Gasteiger partial charge on any atom is 0.373 e. The molecule has 0 aliphatic carbocycles. The molecule has 4 heteroatoms. The Labute approximate surface area is 101 Å². The molecule has 0 unspecified atom stereocenters. The van der Waals surface area contributed by atoms with E-state index in [1.807, 2.05) is 13.8 Å². The summed E-state index contributed by atoms with van der Waals surface area (Å²) in [6.45, 7) is 6.17. The van der Waals surface area contributed by atoms with Crippen LogP contribution in [0, 0.1) is 6.10 Å². The van der Waals surface area contributed by atoms with Crippen LogP contribution in [0.4, 0.5) is 0 Å². The molecule has 0 spiro atoms. The number of ether oxygens (including phenoxy) is 1. The summed E-state index contributed by atoms with van der Waals surface area (Å²) in [5.74, 6) is 0.210. The third-order valence-corrected chi connectivity index (χ3v) is 2.16. The van der Waals surface area contributed by atoms with Crippen molar-refractivity contribution < 1.29 is 19.3 Å². The Hall–Kier alpha value is -1.55. The highest BCUT2D eigenvalue weighted by Gasteiger charge is 2.10. The van der Waals surface area contributed by atoms with E-state index < -0.39 is 5.97 Å². The van der Waals surface area contributed by atoms with Crippen molar-refractivity contribution in [3.05, 3.63) is 35.9 Å². The van der Waals surface area contributed by atoms with Gasteiger partial charge in [-0.2, -0.15) is 4.89 Å². The van der Waals surface area contributed by atoms with Crippen molar-refractivity contribution in [1.82, 2.24) is 0 Å². The van der Waals surface area contributed by atoms with Crippen molar-refractivity contribution in [2.45, 2.75) is 27.2 Å². The zero-order valence-electron chi connectivity index (χ0n) is 10.4. The Morgan fingerprint density at radius 1 is 1.12 bits per heavy atom. The van der Waals surface area contributed by atoms with E-state index in [-0.39, 0.29) is 0 Å². The summed E-state index contributed by atoms with van der Waals surface area (Å²) in [7, 11) is 0. The molecular weight excluding hydrogens is 220 g/mol. The molecule has 0 saturated carbocycles. The van der Waals surface area contributed by atoms with Crippen LogP contribution < -0.4 is 4.74 Å². The van der Waals surface area contributed by atoms with E-state index in [2.05, 4.69) is 4.89 Å². The minimum Gasteiger partial charge on any atom is -0.494 e. The van der Waals surface area contributed by atoms with Crippen LogP contribution in [0.5, 0.6) is 5.75 Å². The number of carbonyl (C=O) groups excluding carboxylic acids is 1. The summed E-state index contributed by atoms with van der Waals surface area (Å²) in [5.41, 5.74) is 0.428. The summed E-state index contributed by atoms with van der Waals surface area (Å²) in [5, 5.41) is 0. The molecule has 0 aliphatic rings. The highest BCUT2D eigenvalue weighted by atomic mass is 17.2. The lowest BCUT2D eigenvalue weighted by Crippen LogP contribution is -2.08. The summed E-state index contributed by atoms with van der Waals surface area (Å²) in [6, 6.07) is 6.71. The molecule has 0 bridgehead atoms. The first-order chi connectivity index (χ1) is 8.17. The second-order valence-electron chi connectivity index (χ2n) is 3.47. The second-order valence-corrected chi connectivity index (χ2v) is 3.47. The van der Waals surface area contributed by atoms with Gasteiger partial charge in [-0.3, -0.25) is 4.89 Å². The fraction of sp³-hybridized carbons (Fsp3) is 0.385. The molecule has 1 aromatic rings. The average Bonchev–Trinajstić information content (AvgIpc) is 2.36. The molecule has 1 rings (SSSR count). The van der Waals surface area contributed by atoms with Crippen LogP contribution in [0.1, 0.15) is 37.6 Å². The molecule has 0 aliphatic heterocycles. The van der Waals surface area contributed by atoms with E-state index in [9.17, 15) is 4.79 Å². The third-order valence-electron chi connectivity index (χ3n) is 2.16. The molecule has 0 N–H and O–H groups in total. The van der Waals surface area contributed by atoms with Crippen LogP contribution in [0.3, 0.4) is 0 Å². The predicted molar refractivity (Wildman–Crippen MR) is 63.3 cm³/mol. The van der Waals surface area contributed by atoms with Crippen molar-refractivity contribution in [1.29, 1.82) is 0 Å². The summed E-state index contributed by atoms with van der Waals surface area (Å²) < 4.78 is 5.27. The van der Waals surface area contributed by atoms with Crippen molar-refractivity contribution >= 4 is 5.97 Å². The van der Waals surface area contributed by atoms with Gasteiger partial charge in [0.25, 0.3) is 0 Å². The lowest BCUT2D eigenvalue weighted by molar-refractivity contribution is -0.232. The Morgan fingerprint density at radius 2 is 1.76 bits per heavy atom. The number of hydrogen-bond acceptors (Lipinski definition) is 4. The topological polar surface area (TPSA) is 44.8 Å². The maximum absolute atomic E-state index is 11.5. The number of carbonyl (C=O) groups is 1. The van der Waals surface area contributed by atoms with Gasteiger partial charge in [-0.25, -0.2) is 4.79 Å². The van der Waals surface area contributed by atoms with Gasteiger partial charge in [0.2, 0.25) is 0 Å². The lowest BCUT2D eigenvalue weighted by atomic mass is 10.2. The Bertz CT molecular complexity index is 345. The van der Waals surface area contributed by atoms with Crippen LogP contribution in [-0.2, 0) is 9.78 Å². The smallest absolute Gasteiger partial charge is 0.373 e. The molecular formula is C13H17O4. The molecule has 0 fully saturated rings. The molecule has 1 aromatic carbocycles. The van der Waals surface area contributed by atoms with Crippen LogP contribution >= 0.6 is 0 Å². The third kappa shape index (κ3) is 4.44. The molecule has 0 atom stereocenters. The lowest BCUT2D eigenvalue weighted by Gasteiger charge is -2.08. The molecule has 0 heterocycles. The molecule has 93 valence electrons. The maximum atomic E-state index is 11.5. The first-order valence-corrected chi connectivity index (χ1v) is 5.61. The van der Waals surface area contributed by atoms with Gasteiger partial charge in [0.15, 0.2) is 0 Å². The standard InChI is InChI=1S/C13H17O4/c1-4-10(3)16-17-13(14)11-6-8-12(9-7-11)15-5-2/h6-9H,4-5H2,1-3H3. The number of rotatable bonds is 6. The van der Waals surface area contributed by atoms with E-state index in [0.717, 1.165) is 5.75 Å². The Morgan fingerprint density at radius 3 is 2.29 bits per heavy atom. The molecule has 0 saturated heterocycles. The highest BCUT2D eigenvalue weighted by Crippen LogP contribution is 2.14. The van der Waals surface area contributed by atoms with Crippen LogP contribution in [0.15, 0.2) is 24.3 Å². The van der Waals surface area contributed by atoms with Gasteiger partial charge in [0.1, 0.15) is 11.9 Å². The normalized spacial score (nSPS) is 10.4. The van der Waals surface area contributed by atoms with Crippen LogP contribution in [-0.4, -0.2) is 12.6 Å². The largest absolute Gasteiger partial charge is 0.494 e. The van der Waals surface area contributed by atoms with Gasteiger partial charge in [0, 0.05) is 0 Å². The fourth-order valence-corrected chi connectivity index (χ4v) is 1.07. The zero-order chi connectivity index (χ0) is 12.7. The minimum absolute atomic E-state index is 0.428. The second kappa shape index (κ2) is 6.91. The van der Waals surface area contributed by atoms with Crippen LogP contribution in [0.2, 0.25) is 0 Å². The molecule has 17 heavy (non-hydrogen) atoms. The SMILES string of the molecule is CCOc1ccc(C(=O)OO[C](C)CC)cc1. The van der Waals surface area contributed by atoms with Gasteiger partial charge in [-0.05, 0) is 44.5 Å². The Kier molecular flexibility index (Phi) is 5.49. The van der Waals surface area contributed by atoms with E-state index >= 15 is 0 Å². The van der Waals surface area contributed by atoms with Gasteiger partial charge in [-0.15, -0.1) is 0 Å². The quantitative estimate of drug-likeness (QED) is 0.563. The van der Waals surface area contributed by atoms with Gasteiger partial charge >= 0.3 is 5.97 Å². The zero-order valence-corrected chi connectivity index (χ0v) is 10.4.